The van der Waals surface area contributed by atoms with Crippen molar-refractivity contribution in [2.45, 2.75) is 18.8 Å². The molecule has 136 valence electrons. The molecule has 2 aromatic carbocycles. The summed E-state index contributed by atoms with van der Waals surface area (Å²) >= 11 is 0. The summed E-state index contributed by atoms with van der Waals surface area (Å²) in [5, 5.41) is 0. The zero-order valence-corrected chi connectivity index (χ0v) is 15.0. The smallest absolute Gasteiger partial charge is 0.253 e. The van der Waals surface area contributed by atoms with Crippen molar-refractivity contribution in [3.63, 3.8) is 0 Å². The maximum Gasteiger partial charge on any atom is 0.253 e. The number of benzene rings is 2. The number of pyridine rings is 1. The van der Waals surface area contributed by atoms with Crippen molar-refractivity contribution in [2.75, 3.05) is 13.1 Å². The van der Waals surface area contributed by atoms with E-state index in [4.69, 9.17) is 4.98 Å². The van der Waals surface area contributed by atoms with Crippen LogP contribution in [-0.2, 0) is 0 Å². The second kappa shape index (κ2) is 7.70. The third-order valence-electron chi connectivity index (χ3n) is 5.04. The molecule has 1 unspecified atom stereocenters. The summed E-state index contributed by atoms with van der Waals surface area (Å²) in [6.07, 6.45) is 1.95. The largest absolute Gasteiger partial charge is 0.338 e. The second-order valence-electron chi connectivity index (χ2n) is 6.91. The molecule has 4 rings (SSSR count). The zero-order valence-electron chi connectivity index (χ0n) is 15.0. The molecular weight excluding hydrogens is 339 g/mol. The van der Waals surface area contributed by atoms with Gasteiger partial charge in [0.1, 0.15) is 5.82 Å². The lowest BCUT2D eigenvalue weighted by Gasteiger charge is -2.32. The molecule has 0 radical (unpaired) electrons. The van der Waals surface area contributed by atoms with E-state index in [1.54, 1.807) is 6.07 Å². The van der Waals surface area contributed by atoms with Crippen LogP contribution in [0, 0.1) is 5.82 Å². The Morgan fingerprint density at radius 2 is 1.81 bits per heavy atom. The Bertz CT molecular complexity index is 942. The minimum atomic E-state index is -0.267. The SMILES string of the molecule is O=C(c1ccccc1)N1CCCC(c2cccc(-c3cccc(F)c3)n2)C1. The van der Waals surface area contributed by atoms with Crippen LogP contribution >= 0.6 is 0 Å². The molecule has 1 aliphatic rings. The van der Waals surface area contributed by atoms with E-state index in [-0.39, 0.29) is 17.6 Å². The topological polar surface area (TPSA) is 33.2 Å². The van der Waals surface area contributed by atoms with Crippen LogP contribution in [0.15, 0.2) is 72.8 Å². The van der Waals surface area contributed by atoms with E-state index in [2.05, 4.69) is 0 Å². The number of carbonyl (C=O) groups is 1. The van der Waals surface area contributed by atoms with E-state index >= 15 is 0 Å². The molecule has 4 heteroatoms. The predicted octanol–water partition coefficient (Wildman–Crippen LogP) is 4.91. The Kier molecular flexibility index (Phi) is 4.97. The molecule has 0 spiro atoms. The molecular formula is C23H21FN2O. The molecule has 3 nitrogen and oxygen atoms in total. The van der Waals surface area contributed by atoms with E-state index in [0.717, 1.165) is 41.9 Å². The lowest BCUT2D eigenvalue weighted by Crippen LogP contribution is -2.39. The van der Waals surface area contributed by atoms with Gasteiger partial charge in [-0.15, -0.1) is 0 Å². The Hall–Kier alpha value is -3.01. The third kappa shape index (κ3) is 3.90. The lowest BCUT2D eigenvalue weighted by atomic mass is 9.93. The van der Waals surface area contributed by atoms with Crippen molar-refractivity contribution in [2.24, 2.45) is 0 Å². The average molecular weight is 360 g/mol. The standard InChI is InChI=1S/C23H21FN2O/c24-20-11-4-9-18(15-20)21-12-5-13-22(25-21)19-10-6-14-26(16-19)23(27)17-7-2-1-3-8-17/h1-5,7-9,11-13,15,19H,6,10,14,16H2. The number of hydrogen-bond acceptors (Lipinski definition) is 2. The number of nitrogens with zero attached hydrogens (tertiary/aromatic N) is 2. The van der Waals surface area contributed by atoms with Crippen LogP contribution in [0.4, 0.5) is 4.39 Å². The highest BCUT2D eigenvalue weighted by Gasteiger charge is 2.26. The first-order chi connectivity index (χ1) is 13.2. The Labute approximate surface area is 158 Å². The van der Waals surface area contributed by atoms with Crippen LogP contribution in [0.2, 0.25) is 0 Å². The highest BCUT2D eigenvalue weighted by molar-refractivity contribution is 5.94. The number of halogens is 1. The molecule has 1 aromatic heterocycles. The number of piperidine rings is 1. The van der Waals surface area contributed by atoms with Gasteiger partial charge < -0.3 is 4.90 Å². The zero-order chi connectivity index (χ0) is 18.6. The Balaban J connectivity index is 1.55. The average Bonchev–Trinajstić information content (AvgIpc) is 2.74. The number of hydrogen-bond donors (Lipinski definition) is 0. The van der Waals surface area contributed by atoms with Crippen LogP contribution in [0.1, 0.15) is 34.8 Å². The molecule has 1 aliphatic heterocycles. The van der Waals surface area contributed by atoms with Gasteiger partial charge in [0.25, 0.3) is 5.91 Å². The van der Waals surface area contributed by atoms with Gasteiger partial charge in [-0.25, -0.2) is 4.39 Å². The molecule has 27 heavy (non-hydrogen) atoms. The Morgan fingerprint density at radius 1 is 1.00 bits per heavy atom. The molecule has 0 saturated carbocycles. The molecule has 0 aliphatic carbocycles. The number of aromatic nitrogens is 1. The summed E-state index contributed by atoms with van der Waals surface area (Å²) in [5.74, 6) is -0.00138. The first-order valence-corrected chi connectivity index (χ1v) is 9.28. The van der Waals surface area contributed by atoms with E-state index in [9.17, 15) is 9.18 Å². The van der Waals surface area contributed by atoms with Crippen LogP contribution in [-0.4, -0.2) is 28.9 Å². The fourth-order valence-corrected chi connectivity index (χ4v) is 3.65. The van der Waals surface area contributed by atoms with Gasteiger partial charge in [-0.05, 0) is 49.2 Å². The maximum absolute atomic E-state index is 13.5. The summed E-state index contributed by atoms with van der Waals surface area (Å²) < 4.78 is 13.5. The summed E-state index contributed by atoms with van der Waals surface area (Å²) in [4.78, 5) is 19.5. The van der Waals surface area contributed by atoms with Gasteiger partial charge in [-0.2, -0.15) is 0 Å². The number of likely N-dealkylation sites (tertiary alicyclic amines) is 1. The maximum atomic E-state index is 13.5. The van der Waals surface area contributed by atoms with Crippen molar-refractivity contribution in [3.8, 4) is 11.3 Å². The van der Waals surface area contributed by atoms with Gasteiger partial charge in [0.05, 0.1) is 5.69 Å². The van der Waals surface area contributed by atoms with E-state index in [1.807, 2.05) is 59.5 Å². The van der Waals surface area contributed by atoms with E-state index < -0.39 is 0 Å². The normalized spacial score (nSPS) is 16.9. The minimum Gasteiger partial charge on any atom is -0.338 e. The number of amides is 1. The summed E-state index contributed by atoms with van der Waals surface area (Å²) in [6.45, 7) is 1.43. The monoisotopic (exact) mass is 360 g/mol. The second-order valence-corrected chi connectivity index (χ2v) is 6.91. The van der Waals surface area contributed by atoms with Gasteiger partial charge in [-0.3, -0.25) is 9.78 Å². The lowest BCUT2D eigenvalue weighted by molar-refractivity contribution is 0.0706. The molecule has 2 heterocycles. The van der Waals surface area contributed by atoms with Gasteiger partial charge in [0.15, 0.2) is 0 Å². The van der Waals surface area contributed by atoms with Gasteiger partial charge in [0, 0.05) is 35.8 Å². The molecule has 1 fully saturated rings. The Morgan fingerprint density at radius 3 is 2.63 bits per heavy atom. The van der Waals surface area contributed by atoms with Crippen molar-refractivity contribution in [1.82, 2.24) is 9.88 Å². The summed E-state index contributed by atoms with van der Waals surface area (Å²) in [6, 6.07) is 21.7. The molecule has 3 aromatic rings. The van der Waals surface area contributed by atoms with Crippen molar-refractivity contribution in [1.29, 1.82) is 0 Å². The fraction of sp³-hybridized carbons (Fsp3) is 0.217. The molecule has 0 bridgehead atoms. The minimum absolute atomic E-state index is 0.0709. The van der Waals surface area contributed by atoms with Crippen molar-refractivity contribution >= 4 is 5.91 Å². The predicted molar refractivity (Wildman–Crippen MR) is 104 cm³/mol. The van der Waals surface area contributed by atoms with Crippen LogP contribution in [0.3, 0.4) is 0 Å². The number of rotatable bonds is 3. The third-order valence-corrected chi connectivity index (χ3v) is 5.04. The van der Waals surface area contributed by atoms with Gasteiger partial charge in [-0.1, -0.05) is 36.4 Å². The number of carbonyl (C=O) groups excluding carboxylic acids is 1. The van der Waals surface area contributed by atoms with Crippen molar-refractivity contribution < 1.29 is 9.18 Å². The highest BCUT2D eigenvalue weighted by atomic mass is 19.1. The summed E-state index contributed by atoms with van der Waals surface area (Å²) in [7, 11) is 0. The molecule has 1 atom stereocenters. The fourth-order valence-electron chi connectivity index (χ4n) is 3.65. The van der Waals surface area contributed by atoms with Crippen LogP contribution in [0.25, 0.3) is 11.3 Å². The van der Waals surface area contributed by atoms with E-state index in [1.165, 1.54) is 12.1 Å². The first kappa shape index (κ1) is 17.4. The van der Waals surface area contributed by atoms with Crippen LogP contribution in [0.5, 0.6) is 0 Å². The molecule has 1 amide bonds. The van der Waals surface area contributed by atoms with Gasteiger partial charge >= 0.3 is 0 Å². The first-order valence-electron chi connectivity index (χ1n) is 9.28. The quantitative estimate of drug-likeness (QED) is 0.665. The summed E-state index contributed by atoms with van der Waals surface area (Å²) in [5.41, 5.74) is 3.21. The molecule has 1 saturated heterocycles. The van der Waals surface area contributed by atoms with E-state index in [0.29, 0.717) is 6.54 Å². The molecule has 0 N–H and O–H groups in total. The van der Waals surface area contributed by atoms with Gasteiger partial charge in [0.2, 0.25) is 0 Å². The van der Waals surface area contributed by atoms with Crippen LogP contribution < -0.4 is 0 Å². The van der Waals surface area contributed by atoms with Crippen molar-refractivity contribution in [3.05, 3.63) is 89.9 Å². The highest BCUT2D eigenvalue weighted by Crippen LogP contribution is 2.28.